The lowest BCUT2D eigenvalue weighted by Crippen LogP contribution is -2.57. The van der Waals surface area contributed by atoms with E-state index in [0.29, 0.717) is 12.3 Å². The molecular weight excluding hydrogens is 433 g/mol. The number of hydrogen-bond donors (Lipinski definition) is 1. The molecular formula is C27H40FN3O3. The number of likely N-dealkylation sites (tertiary alicyclic amines) is 1. The van der Waals surface area contributed by atoms with Gasteiger partial charge >= 0.3 is 6.03 Å². The summed E-state index contributed by atoms with van der Waals surface area (Å²) in [5.41, 5.74) is 1.04. The number of imide groups is 1. The Kier molecular flexibility index (Phi) is 9.25. The maximum atomic E-state index is 13.9. The van der Waals surface area contributed by atoms with Crippen molar-refractivity contribution in [3.63, 3.8) is 0 Å². The van der Waals surface area contributed by atoms with Crippen molar-refractivity contribution in [2.75, 3.05) is 39.9 Å². The number of ether oxygens (including phenoxy) is 1. The summed E-state index contributed by atoms with van der Waals surface area (Å²) in [5.74, 6) is 0.0488. The molecule has 2 aliphatic heterocycles. The van der Waals surface area contributed by atoms with Crippen LogP contribution in [0.4, 0.5) is 9.18 Å². The summed E-state index contributed by atoms with van der Waals surface area (Å²) in [5, 5.41) is 3.04. The fourth-order valence-electron chi connectivity index (χ4n) is 5.34. The molecule has 3 amide bonds. The minimum atomic E-state index is -1.04. The lowest BCUT2D eigenvalue weighted by atomic mass is 9.73. The quantitative estimate of drug-likeness (QED) is 0.382. The van der Waals surface area contributed by atoms with E-state index in [2.05, 4.69) is 37.1 Å². The zero-order valence-electron chi connectivity index (χ0n) is 21.1. The van der Waals surface area contributed by atoms with Crippen LogP contribution in [0.3, 0.4) is 0 Å². The number of nitrogens with zero attached hydrogens (tertiary/aromatic N) is 2. The molecule has 2 saturated heterocycles. The molecule has 3 rings (SSSR count). The number of urea groups is 1. The summed E-state index contributed by atoms with van der Waals surface area (Å²) in [6.45, 7) is 9.90. The van der Waals surface area contributed by atoms with Crippen LogP contribution in [0.15, 0.2) is 35.9 Å². The zero-order chi connectivity index (χ0) is 24.7. The summed E-state index contributed by atoms with van der Waals surface area (Å²) in [4.78, 5) is 30.2. The molecule has 0 aromatic heterocycles. The summed E-state index contributed by atoms with van der Waals surface area (Å²) in [6.07, 6.45) is 6.50. The Labute approximate surface area is 203 Å². The number of halogens is 1. The van der Waals surface area contributed by atoms with Gasteiger partial charge in [-0.05, 0) is 82.2 Å². The molecule has 2 fully saturated rings. The van der Waals surface area contributed by atoms with Crippen molar-refractivity contribution >= 4 is 11.9 Å². The van der Waals surface area contributed by atoms with Gasteiger partial charge in [-0.15, -0.1) is 0 Å². The fraction of sp³-hybridized carbons (Fsp3) is 0.630. The van der Waals surface area contributed by atoms with Gasteiger partial charge in [0.25, 0.3) is 5.91 Å². The van der Waals surface area contributed by atoms with Gasteiger partial charge in [-0.25, -0.2) is 9.18 Å². The molecule has 0 bridgehead atoms. The highest BCUT2D eigenvalue weighted by molar-refractivity contribution is 6.07. The molecule has 2 aliphatic rings. The first-order valence-corrected chi connectivity index (χ1v) is 12.5. The topological polar surface area (TPSA) is 61.9 Å². The average Bonchev–Trinajstić information content (AvgIpc) is 3.02. The van der Waals surface area contributed by atoms with E-state index < -0.39 is 5.54 Å². The number of carbonyl (C=O) groups is 2. The predicted molar refractivity (Wildman–Crippen MR) is 132 cm³/mol. The van der Waals surface area contributed by atoms with E-state index in [1.807, 2.05) is 6.07 Å². The molecule has 2 heterocycles. The van der Waals surface area contributed by atoms with E-state index in [4.69, 9.17) is 4.74 Å². The number of benzene rings is 1. The number of hydrogen-bond acceptors (Lipinski definition) is 4. The Morgan fingerprint density at radius 3 is 2.68 bits per heavy atom. The molecule has 7 heteroatoms. The van der Waals surface area contributed by atoms with Gasteiger partial charge in [0, 0.05) is 20.1 Å². The van der Waals surface area contributed by atoms with Gasteiger partial charge < -0.3 is 15.0 Å². The average molecular weight is 474 g/mol. The minimum Gasteiger partial charge on any atom is -0.383 e. The number of allylic oxidation sites excluding steroid dienone is 2. The van der Waals surface area contributed by atoms with Crippen molar-refractivity contribution < 1.29 is 18.7 Å². The summed E-state index contributed by atoms with van der Waals surface area (Å²) in [7, 11) is 1.55. The molecule has 188 valence electrons. The number of carbonyl (C=O) groups excluding carboxylic acids is 2. The van der Waals surface area contributed by atoms with E-state index in [1.54, 1.807) is 13.2 Å². The number of piperidine rings is 1. The maximum Gasteiger partial charge on any atom is 0.325 e. The predicted octanol–water partition coefficient (Wildman–Crippen LogP) is 4.40. The van der Waals surface area contributed by atoms with Crippen LogP contribution < -0.4 is 5.32 Å². The Morgan fingerprint density at radius 1 is 1.29 bits per heavy atom. The molecule has 0 radical (unpaired) electrons. The van der Waals surface area contributed by atoms with Crippen LogP contribution in [-0.4, -0.2) is 67.2 Å². The molecule has 1 N–H and O–H groups in total. The lowest BCUT2D eigenvalue weighted by Gasteiger charge is -2.41. The van der Waals surface area contributed by atoms with Crippen LogP contribution >= 0.6 is 0 Å². The van der Waals surface area contributed by atoms with Gasteiger partial charge in [0.1, 0.15) is 11.4 Å². The second kappa shape index (κ2) is 11.9. The van der Waals surface area contributed by atoms with E-state index in [0.717, 1.165) is 50.9 Å². The zero-order valence-corrected chi connectivity index (χ0v) is 21.1. The molecule has 34 heavy (non-hydrogen) atoms. The Morgan fingerprint density at radius 2 is 2.03 bits per heavy atom. The van der Waals surface area contributed by atoms with E-state index in [-0.39, 0.29) is 36.8 Å². The van der Waals surface area contributed by atoms with E-state index in [9.17, 15) is 14.0 Å². The van der Waals surface area contributed by atoms with E-state index in [1.165, 1.54) is 22.6 Å². The standard InChI is InChI=1S/C27H40FN3O3/c1-20(2)7-5-8-21(3)19-30-13-11-23(12-14-30)27(18-22-9-6-10-24(28)17-22)25(32)31(15-16-34-4)26(33)29-27/h6-7,9-10,17,21,23H,5,8,11-16,18-19H2,1-4H3,(H,29,33). The van der Waals surface area contributed by atoms with E-state index >= 15 is 0 Å². The molecule has 2 unspecified atom stereocenters. The van der Waals surface area contributed by atoms with Gasteiger partial charge in [0.2, 0.25) is 0 Å². The monoisotopic (exact) mass is 473 g/mol. The third-order valence-electron chi connectivity index (χ3n) is 7.16. The molecule has 0 spiro atoms. The number of amides is 3. The van der Waals surface area contributed by atoms with Crippen LogP contribution in [0.2, 0.25) is 0 Å². The van der Waals surface area contributed by atoms with Gasteiger partial charge in [-0.2, -0.15) is 0 Å². The minimum absolute atomic E-state index is 0.00278. The van der Waals surface area contributed by atoms with Crippen molar-refractivity contribution in [1.82, 2.24) is 15.1 Å². The van der Waals surface area contributed by atoms with Crippen LogP contribution in [-0.2, 0) is 16.0 Å². The Hall–Kier alpha value is -2.25. The highest BCUT2D eigenvalue weighted by atomic mass is 19.1. The fourth-order valence-corrected chi connectivity index (χ4v) is 5.34. The Balaban J connectivity index is 1.71. The largest absolute Gasteiger partial charge is 0.383 e. The van der Waals surface area contributed by atoms with Gasteiger partial charge in [0.15, 0.2) is 0 Å². The number of rotatable bonds is 11. The van der Waals surface area contributed by atoms with Gasteiger partial charge in [-0.3, -0.25) is 9.69 Å². The highest BCUT2D eigenvalue weighted by Gasteiger charge is 2.55. The smallest absolute Gasteiger partial charge is 0.325 e. The van der Waals surface area contributed by atoms with Gasteiger partial charge in [-0.1, -0.05) is 30.7 Å². The van der Waals surface area contributed by atoms with Crippen LogP contribution in [0.5, 0.6) is 0 Å². The molecule has 2 atom stereocenters. The third kappa shape index (κ3) is 6.45. The summed E-state index contributed by atoms with van der Waals surface area (Å²) < 4.78 is 19.0. The first-order valence-electron chi connectivity index (χ1n) is 12.5. The Bertz CT molecular complexity index is 878. The van der Waals surface area contributed by atoms with Gasteiger partial charge in [0.05, 0.1) is 13.2 Å². The van der Waals surface area contributed by atoms with Crippen LogP contribution in [0.25, 0.3) is 0 Å². The molecule has 0 aliphatic carbocycles. The third-order valence-corrected chi connectivity index (χ3v) is 7.16. The summed E-state index contributed by atoms with van der Waals surface area (Å²) in [6, 6.07) is 5.96. The molecule has 1 aromatic rings. The van der Waals surface area contributed by atoms with Crippen LogP contribution in [0.1, 0.15) is 52.0 Å². The maximum absolute atomic E-state index is 13.9. The lowest BCUT2D eigenvalue weighted by molar-refractivity contribution is -0.134. The first kappa shape index (κ1) is 26.4. The van der Waals surface area contributed by atoms with Crippen molar-refractivity contribution in [3.8, 4) is 0 Å². The second-order valence-corrected chi connectivity index (χ2v) is 10.2. The van der Waals surface area contributed by atoms with Crippen molar-refractivity contribution in [3.05, 3.63) is 47.3 Å². The highest BCUT2D eigenvalue weighted by Crippen LogP contribution is 2.37. The summed E-state index contributed by atoms with van der Waals surface area (Å²) >= 11 is 0. The second-order valence-electron chi connectivity index (χ2n) is 10.2. The number of nitrogens with one attached hydrogen (secondary N) is 1. The van der Waals surface area contributed by atoms with Crippen molar-refractivity contribution in [1.29, 1.82) is 0 Å². The van der Waals surface area contributed by atoms with Crippen molar-refractivity contribution in [2.24, 2.45) is 11.8 Å². The number of methoxy groups -OCH3 is 1. The van der Waals surface area contributed by atoms with Crippen molar-refractivity contribution in [2.45, 2.75) is 58.4 Å². The van der Waals surface area contributed by atoms with Crippen LogP contribution in [0, 0.1) is 17.7 Å². The normalized spacial score (nSPS) is 22.7. The molecule has 6 nitrogen and oxygen atoms in total. The molecule has 1 aromatic carbocycles. The molecule has 0 saturated carbocycles. The first-order chi connectivity index (χ1) is 16.2. The SMILES string of the molecule is COCCN1C(=O)NC(Cc2cccc(F)c2)(C2CCN(CC(C)CCC=C(C)C)CC2)C1=O.